The fourth-order valence-electron chi connectivity index (χ4n) is 3.35. The minimum absolute atomic E-state index is 0. The van der Waals surface area contributed by atoms with Crippen molar-refractivity contribution in [3.63, 3.8) is 0 Å². The monoisotopic (exact) mass is 490 g/mol. The Balaban J connectivity index is 0.00000364. The Morgan fingerprint density at radius 1 is 1.19 bits per heavy atom. The van der Waals surface area contributed by atoms with Gasteiger partial charge in [-0.2, -0.15) is 0 Å². The summed E-state index contributed by atoms with van der Waals surface area (Å²) in [5.74, 6) is 1.92. The molecular formula is C20H35IN4O2. The molecule has 0 amide bonds. The molecule has 1 aliphatic rings. The summed E-state index contributed by atoms with van der Waals surface area (Å²) in [6.07, 6.45) is 6.67. The largest absolute Gasteiger partial charge is 0.494 e. The maximum atomic E-state index is 6.08. The maximum absolute atomic E-state index is 6.08. The van der Waals surface area contributed by atoms with Crippen LogP contribution in [0.5, 0.6) is 11.5 Å². The van der Waals surface area contributed by atoms with Crippen LogP contribution in [-0.4, -0.2) is 50.3 Å². The van der Waals surface area contributed by atoms with E-state index in [1.54, 1.807) is 0 Å². The van der Waals surface area contributed by atoms with Crippen LogP contribution in [0.4, 0.5) is 5.69 Å². The SMILES string of the molecule is CCOc1ccc(OCC)c(NC(N)=NCCN(C)C2CCCCC2)c1.I. The lowest BCUT2D eigenvalue weighted by Gasteiger charge is -2.30. The van der Waals surface area contributed by atoms with Crippen LogP contribution in [0.2, 0.25) is 0 Å². The van der Waals surface area contributed by atoms with Gasteiger partial charge in [0.15, 0.2) is 5.96 Å². The number of nitrogens with two attached hydrogens (primary N) is 1. The minimum atomic E-state index is 0. The van der Waals surface area contributed by atoms with Gasteiger partial charge < -0.3 is 25.4 Å². The summed E-state index contributed by atoms with van der Waals surface area (Å²) >= 11 is 0. The highest BCUT2D eigenvalue weighted by Gasteiger charge is 2.17. The smallest absolute Gasteiger partial charge is 0.193 e. The van der Waals surface area contributed by atoms with E-state index in [1.165, 1.54) is 32.1 Å². The third-order valence-electron chi connectivity index (χ3n) is 4.76. The molecular weight excluding hydrogens is 455 g/mol. The van der Waals surface area contributed by atoms with E-state index in [2.05, 4.69) is 22.3 Å². The molecule has 154 valence electrons. The van der Waals surface area contributed by atoms with Crippen LogP contribution in [0, 0.1) is 0 Å². The Morgan fingerprint density at radius 3 is 2.56 bits per heavy atom. The summed E-state index contributed by atoms with van der Waals surface area (Å²) < 4.78 is 11.2. The number of benzene rings is 1. The van der Waals surface area contributed by atoms with E-state index in [4.69, 9.17) is 15.2 Å². The number of ether oxygens (including phenoxy) is 2. The number of halogens is 1. The predicted molar refractivity (Wildman–Crippen MR) is 124 cm³/mol. The van der Waals surface area contributed by atoms with E-state index >= 15 is 0 Å². The van der Waals surface area contributed by atoms with Crippen LogP contribution in [-0.2, 0) is 0 Å². The fourth-order valence-corrected chi connectivity index (χ4v) is 3.35. The molecule has 0 radical (unpaired) electrons. The molecule has 2 rings (SSSR count). The van der Waals surface area contributed by atoms with Gasteiger partial charge in [-0.1, -0.05) is 19.3 Å². The first-order valence-corrected chi connectivity index (χ1v) is 9.80. The number of hydrogen-bond donors (Lipinski definition) is 2. The Labute approximate surface area is 180 Å². The van der Waals surface area contributed by atoms with Crippen molar-refractivity contribution in [3.05, 3.63) is 18.2 Å². The first-order chi connectivity index (χ1) is 12.6. The van der Waals surface area contributed by atoms with Crippen LogP contribution in [0.25, 0.3) is 0 Å². The van der Waals surface area contributed by atoms with Crippen molar-refractivity contribution in [1.29, 1.82) is 0 Å². The Bertz CT molecular complexity index is 577. The van der Waals surface area contributed by atoms with E-state index in [0.717, 1.165) is 23.7 Å². The first-order valence-electron chi connectivity index (χ1n) is 9.80. The molecule has 0 saturated heterocycles. The zero-order chi connectivity index (χ0) is 18.8. The Kier molecular flexibility index (Phi) is 11.5. The molecule has 1 fully saturated rings. The van der Waals surface area contributed by atoms with Gasteiger partial charge >= 0.3 is 0 Å². The van der Waals surface area contributed by atoms with Crippen LogP contribution >= 0.6 is 24.0 Å². The molecule has 1 aromatic carbocycles. The molecule has 1 saturated carbocycles. The van der Waals surface area contributed by atoms with Gasteiger partial charge in [0.05, 0.1) is 25.4 Å². The normalized spacial score (nSPS) is 15.3. The van der Waals surface area contributed by atoms with Crippen LogP contribution < -0.4 is 20.5 Å². The minimum Gasteiger partial charge on any atom is -0.494 e. The molecule has 27 heavy (non-hydrogen) atoms. The van der Waals surface area contributed by atoms with E-state index in [-0.39, 0.29) is 24.0 Å². The molecule has 1 aliphatic carbocycles. The fraction of sp³-hybridized carbons (Fsp3) is 0.650. The van der Waals surface area contributed by atoms with Crippen molar-refractivity contribution >= 4 is 35.6 Å². The topological polar surface area (TPSA) is 72.1 Å². The summed E-state index contributed by atoms with van der Waals surface area (Å²) in [6, 6.07) is 6.37. The molecule has 0 atom stereocenters. The number of nitrogens with one attached hydrogen (secondary N) is 1. The molecule has 1 aromatic rings. The van der Waals surface area contributed by atoms with Crippen LogP contribution in [0.15, 0.2) is 23.2 Å². The van der Waals surface area contributed by atoms with Gasteiger partial charge in [0.25, 0.3) is 0 Å². The Hall–Kier alpha value is -1.22. The lowest BCUT2D eigenvalue weighted by Crippen LogP contribution is -2.35. The molecule has 0 bridgehead atoms. The summed E-state index contributed by atoms with van der Waals surface area (Å²) in [6.45, 7) is 6.72. The summed E-state index contributed by atoms with van der Waals surface area (Å²) in [4.78, 5) is 6.89. The molecule has 3 N–H and O–H groups in total. The number of nitrogens with zero attached hydrogens (tertiary/aromatic N) is 2. The molecule has 7 heteroatoms. The van der Waals surface area contributed by atoms with E-state index in [9.17, 15) is 0 Å². The van der Waals surface area contributed by atoms with Gasteiger partial charge in [-0.15, -0.1) is 24.0 Å². The van der Waals surface area contributed by atoms with E-state index in [1.807, 2.05) is 32.0 Å². The highest BCUT2D eigenvalue weighted by molar-refractivity contribution is 14.0. The van der Waals surface area contributed by atoms with Crippen LogP contribution in [0.3, 0.4) is 0 Å². The van der Waals surface area contributed by atoms with Gasteiger partial charge in [0.2, 0.25) is 0 Å². The van der Waals surface area contributed by atoms with Gasteiger partial charge in [0.1, 0.15) is 11.5 Å². The molecule has 0 spiro atoms. The maximum Gasteiger partial charge on any atom is 0.193 e. The average molecular weight is 490 g/mol. The summed E-state index contributed by atoms with van der Waals surface area (Å²) in [5, 5.41) is 3.15. The number of anilines is 1. The van der Waals surface area contributed by atoms with Gasteiger partial charge in [-0.3, -0.25) is 4.99 Å². The summed E-state index contributed by atoms with van der Waals surface area (Å²) in [7, 11) is 2.19. The zero-order valence-corrected chi connectivity index (χ0v) is 19.2. The first kappa shape index (κ1) is 23.8. The van der Waals surface area contributed by atoms with Gasteiger partial charge in [-0.25, -0.2) is 0 Å². The lowest BCUT2D eigenvalue weighted by atomic mass is 9.94. The highest BCUT2D eigenvalue weighted by atomic mass is 127. The zero-order valence-electron chi connectivity index (χ0n) is 16.9. The molecule has 6 nitrogen and oxygen atoms in total. The second-order valence-corrected chi connectivity index (χ2v) is 6.69. The van der Waals surface area contributed by atoms with E-state index < -0.39 is 0 Å². The van der Waals surface area contributed by atoms with Gasteiger partial charge in [0, 0.05) is 18.7 Å². The third kappa shape index (κ3) is 8.13. The second-order valence-electron chi connectivity index (χ2n) is 6.69. The quantitative estimate of drug-likeness (QED) is 0.310. The molecule has 0 heterocycles. The number of aliphatic imine (C=N–C) groups is 1. The number of hydrogen-bond acceptors (Lipinski definition) is 4. The van der Waals surface area contributed by atoms with Crippen molar-refractivity contribution in [2.24, 2.45) is 10.7 Å². The third-order valence-corrected chi connectivity index (χ3v) is 4.76. The molecule has 0 unspecified atom stereocenters. The van der Waals surface area contributed by atoms with Crippen molar-refractivity contribution in [3.8, 4) is 11.5 Å². The van der Waals surface area contributed by atoms with Crippen molar-refractivity contribution < 1.29 is 9.47 Å². The van der Waals surface area contributed by atoms with Crippen LogP contribution in [0.1, 0.15) is 46.0 Å². The Morgan fingerprint density at radius 2 is 1.89 bits per heavy atom. The van der Waals surface area contributed by atoms with Crippen molar-refractivity contribution in [2.45, 2.75) is 52.0 Å². The molecule has 0 aliphatic heterocycles. The predicted octanol–water partition coefficient (Wildman–Crippen LogP) is 4.09. The second kappa shape index (κ2) is 13.0. The number of guanidine groups is 1. The molecule has 0 aromatic heterocycles. The number of rotatable bonds is 9. The van der Waals surface area contributed by atoms with Crippen molar-refractivity contribution in [1.82, 2.24) is 4.90 Å². The summed E-state index contributed by atoms with van der Waals surface area (Å²) in [5.41, 5.74) is 6.86. The number of likely N-dealkylation sites (N-methyl/N-ethyl adjacent to an activating group) is 1. The highest BCUT2D eigenvalue weighted by Crippen LogP contribution is 2.29. The van der Waals surface area contributed by atoms with Gasteiger partial charge in [-0.05, 0) is 45.9 Å². The van der Waals surface area contributed by atoms with Crippen molar-refractivity contribution in [2.75, 3.05) is 38.7 Å². The lowest BCUT2D eigenvalue weighted by molar-refractivity contribution is 0.196. The van der Waals surface area contributed by atoms with E-state index in [0.29, 0.717) is 31.8 Å². The standard InChI is InChI=1S/C20H34N4O2.HI/c1-4-25-17-11-12-19(26-5-2)18(15-17)23-20(21)22-13-14-24(3)16-9-7-6-8-10-16;/h11-12,15-16H,4-10,13-14H2,1-3H3,(H3,21,22,23);1H. The average Bonchev–Trinajstić information content (AvgIpc) is 2.65.